The molecule has 0 saturated heterocycles. The van der Waals surface area contributed by atoms with E-state index in [1.165, 1.54) is 6.92 Å². The Morgan fingerprint density at radius 1 is 1.17 bits per heavy atom. The Labute approximate surface area is 178 Å². The van der Waals surface area contributed by atoms with Gasteiger partial charge in [-0.05, 0) is 42.8 Å². The van der Waals surface area contributed by atoms with E-state index in [4.69, 9.17) is 0 Å². The van der Waals surface area contributed by atoms with E-state index in [0.717, 1.165) is 38.7 Å². The number of carbonyl (C=O) groups is 1. The van der Waals surface area contributed by atoms with Crippen LogP contribution in [0.25, 0.3) is 16.9 Å². The quantitative estimate of drug-likeness (QED) is 0.477. The molecule has 3 heterocycles. The van der Waals surface area contributed by atoms with Crippen molar-refractivity contribution in [2.75, 3.05) is 4.72 Å². The maximum atomic E-state index is 12.8. The summed E-state index contributed by atoms with van der Waals surface area (Å²) < 4.78 is 30.3. The number of sulfonamides is 1. The van der Waals surface area contributed by atoms with Crippen LogP contribution in [0.1, 0.15) is 17.4 Å². The van der Waals surface area contributed by atoms with Crippen molar-refractivity contribution in [1.82, 2.24) is 14.7 Å². The number of hydrogen-bond donors (Lipinski definition) is 2. The smallest absolute Gasteiger partial charge is 0.271 e. The number of pyridine rings is 1. The topological polar surface area (TPSA) is 92.6 Å². The second-order valence-electron chi connectivity index (χ2n) is 6.87. The van der Waals surface area contributed by atoms with Crippen molar-refractivity contribution in [3.63, 3.8) is 0 Å². The summed E-state index contributed by atoms with van der Waals surface area (Å²) in [4.78, 5) is 16.5. The Morgan fingerprint density at radius 2 is 2.00 bits per heavy atom. The van der Waals surface area contributed by atoms with Gasteiger partial charge in [-0.25, -0.2) is 13.4 Å². The minimum Gasteiger partial charge on any atom is -0.351 e. The lowest BCUT2D eigenvalue weighted by atomic mass is 10.1. The lowest BCUT2D eigenvalue weighted by molar-refractivity contribution is -0.119. The fourth-order valence-electron chi connectivity index (χ4n) is 3.05. The largest absolute Gasteiger partial charge is 0.351 e. The van der Waals surface area contributed by atoms with E-state index >= 15 is 0 Å². The highest BCUT2D eigenvalue weighted by atomic mass is 32.2. The summed E-state index contributed by atoms with van der Waals surface area (Å²) in [5, 5.41) is 2.66. The number of benzene rings is 1. The van der Waals surface area contributed by atoms with Crippen LogP contribution in [0.4, 0.5) is 5.69 Å². The Kier molecular flexibility index (Phi) is 5.31. The number of aromatic nitrogens is 2. The van der Waals surface area contributed by atoms with Gasteiger partial charge >= 0.3 is 0 Å². The summed E-state index contributed by atoms with van der Waals surface area (Å²) in [5.41, 5.74) is 3.96. The molecule has 0 aliphatic carbocycles. The first kappa shape index (κ1) is 20.1. The number of anilines is 1. The fraction of sp³-hybridized carbons (Fsp3) is 0.143. The normalized spacial score (nSPS) is 11.5. The number of hydrogen-bond acceptors (Lipinski definition) is 5. The average Bonchev–Trinajstić information content (AvgIpc) is 3.35. The predicted molar refractivity (Wildman–Crippen MR) is 118 cm³/mol. The van der Waals surface area contributed by atoms with E-state index in [-0.39, 0.29) is 10.1 Å². The Hall–Kier alpha value is -3.17. The van der Waals surface area contributed by atoms with Gasteiger partial charge in [-0.3, -0.25) is 9.52 Å². The van der Waals surface area contributed by atoms with Crippen LogP contribution < -0.4 is 10.0 Å². The fourth-order valence-corrected chi connectivity index (χ4v) is 5.39. The molecule has 30 heavy (non-hydrogen) atoms. The van der Waals surface area contributed by atoms with E-state index in [1.54, 1.807) is 30.3 Å². The number of nitrogens with zero attached hydrogens (tertiary/aromatic N) is 2. The van der Waals surface area contributed by atoms with Gasteiger partial charge in [0.15, 0.2) is 0 Å². The van der Waals surface area contributed by atoms with Crippen molar-refractivity contribution in [2.45, 2.75) is 24.6 Å². The molecule has 0 aliphatic rings. The zero-order valence-corrected chi connectivity index (χ0v) is 18.0. The van der Waals surface area contributed by atoms with Crippen LogP contribution in [0.5, 0.6) is 0 Å². The molecule has 1 aromatic carbocycles. The number of rotatable bonds is 6. The number of nitrogens with one attached hydrogen (secondary N) is 2. The van der Waals surface area contributed by atoms with E-state index in [0.29, 0.717) is 12.2 Å². The minimum atomic E-state index is -3.73. The summed E-state index contributed by atoms with van der Waals surface area (Å²) in [6.07, 6.45) is 3.85. The second kappa shape index (κ2) is 7.92. The number of fused-ring (bicyclic) bond motifs is 1. The van der Waals surface area contributed by atoms with Gasteiger partial charge < -0.3 is 9.72 Å². The van der Waals surface area contributed by atoms with Crippen LogP contribution in [0.15, 0.2) is 65.1 Å². The average molecular weight is 441 g/mol. The van der Waals surface area contributed by atoms with Crippen molar-refractivity contribution in [2.24, 2.45) is 0 Å². The summed E-state index contributed by atoms with van der Waals surface area (Å²) in [6.45, 7) is 3.72. The Bertz CT molecular complexity index is 1340. The number of carbonyl (C=O) groups excluding carboxylic acids is 1. The van der Waals surface area contributed by atoms with Gasteiger partial charge in [0, 0.05) is 35.4 Å². The lowest BCUT2D eigenvalue weighted by Crippen LogP contribution is -2.18. The summed E-state index contributed by atoms with van der Waals surface area (Å²) >= 11 is 1.13. The molecular weight excluding hydrogens is 420 g/mol. The third-order valence-corrected chi connectivity index (χ3v) is 7.46. The molecule has 4 aromatic rings. The molecule has 0 bridgehead atoms. The van der Waals surface area contributed by atoms with Crippen LogP contribution >= 0.6 is 11.3 Å². The van der Waals surface area contributed by atoms with Crippen molar-refractivity contribution in [3.8, 4) is 11.3 Å². The third kappa shape index (κ3) is 4.22. The molecule has 0 unspecified atom stereocenters. The lowest BCUT2D eigenvalue weighted by Gasteiger charge is -2.07. The maximum absolute atomic E-state index is 12.8. The first-order valence-corrected chi connectivity index (χ1v) is 11.5. The number of imidazole rings is 1. The van der Waals surface area contributed by atoms with E-state index < -0.39 is 10.0 Å². The molecule has 3 aromatic heterocycles. The standard InChI is InChI=1S/C21H20N4O3S2/c1-14-5-4-10-25-13-19(23-21(14)25)16-6-3-7-17(11-16)24-30(27,28)20-9-8-18(29-20)12-22-15(2)26/h3-11,13,24H,12H2,1-2H3,(H,22,26). The van der Waals surface area contributed by atoms with Crippen molar-refractivity contribution in [1.29, 1.82) is 0 Å². The Morgan fingerprint density at radius 3 is 2.77 bits per heavy atom. The van der Waals surface area contributed by atoms with Gasteiger partial charge in [-0.2, -0.15) is 0 Å². The SMILES string of the molecule is CC(=O)NCc1ccc(S(=O)(=O)Nc2cccc(-c3cn4cccc(C)c4n3)c2)s1. The Balaban J connectivity index is 1.58. The summed E-state index contributed by atoms with van der Waals surface area (Å²) in [7, 11) is -3.73. The molecule has 1 amide bonds. The minimum absolute atomic E-state index is 0.162. The first-order chi connectivity index (χ1) is 14.3. The van der Waals surface area contributed by atoms with Gasteiger partial charge in [0.25, 0.3) is 10.0 Å². The number of amides is 1. The van der Waals surface area contributed by atoms with Crippen LogP contribution in [0, 0.1) is 6.92 Å². The predicted octanol–water partition coefficient (Wildman–Crippen LogP) is 3.81. The zero-order valence-electron chi connectivity index (χ0n) is 16.4. The molecule has 0 spiro atoms. The van der Waals surface area contributed by atoms with Gasteiger partial charge in [0.05, 0.1) is 12.2 Å². The van der Waals surface area contributed by atoms with E-state index in [9.17, 15) is 13.2 Å². The molecule has 0 fully saturated rings. The van der Waals surface area contributed by atoms with Gasteiger partial charge in [-0.1, -0.05) is 18.2 Å². The van der Waals surface area contributed by atoms with Crippen LogP contribution in [-0.2, 0) is 21.4 Å². The van der Waals surface area contributed by atoms with Gasteiger partial charge in [0.2, 0.25) is 5.91 Å². The molecule has 2 N–H and O–H groups in total. The van der Waals surface area contributed by atoms with Crippen LogP contribution in [0.2, 0.25) is 0 Å². The first-order valence-electron chi connectivity index (χ1n) is 9.22. The number of aryl methyl sites for hydroxylation is 1. The molecule has 7 nitrogen and oxygen atoms in total. The van der Waals surface area contributed by atoms with E-state index in [2.05, 4.69) is 15.0 Å². The highest BCUT2D eigenvalue weighted by molar-refractivity contribution is 7.94. The monoisotopic (exact) mass is 440 g/mol. The molecule has 154 valence electrons. The molecular formula is C21H20N4O3S2. The highest BCUT2D eigenvalue weighted by Crippen LogP contribution is 2.27. The van der Waals surface area contributed by atoms with Crippen molar-refractivity contribution < 1.29 is 13.2 Å². The molecule has 4 rings (SSSR count). The highest BCUT2D eigenvalue weighted by Gasteiger charge is 2.18. The molecule has 0 atom stereocenters. The second-order valence-corrected chi connectivity index (χ2v) is 9.94. The summed E-state index contributed by atoms with van der Waals surface area (Å²) in [6, 6.07) is 14.3. The maximum Gasteiger partial charge on any atom is 0.271 e. The van der Waals surface area contributed by atoms with Crippen LogP contribution in [0.3, 0.4) is 0 Å². The van der Waals surface area contributed by atoms with Gasteiger partial charge in [0.1, 0.15) is 9.86 Å². The van der Waals surface area contributed by atoms with Crippen LogP contribution in [-0.4, -0.2) is 23.7 Å². The van der Waals surface area contributed by atoms with Gasteiger partial charge in [-0.15, -0.1) is 11.3 Å². The molecule has 0 radical (unpaired) electrons. The zero-order chi connectivity index (χ0) is 21.3. The number of thiophene rings is 1. The van der Waals surface area contributed by atoms with Crippen molar-refractivity contribution in [3.05, 3.63) is 71.4 Å². The van der Waals surface area contributed by atoms with E-state index in [1.807, 2.05) is 41.9 Å². The molecule has 0 aliphatic heterocycles. The summed E-state index contributed by atoms with van der Waals surface area (Å²) in [5.74, 6) is -0.162. The molecule has 0 saturated carbocycles. The van der Waals surface area contributed by atoms with Crippen molar-refractivity contribution >= 4 is 38.6 Å². The molecule has 9 heteroatoms. The third-order valence-electron chi connectivity index (χ3n) is 4.50.